The number of aryl methyl sites for hydroxylation is 2. The first kappa shape index (κ1) is 17.6. The molecule has 0 aliphatic heterocycles. The third-order valence-electron chi connectivity index (χ3n) is 3.91. The molecule has 0 aliphatic rings. The van der Waals surface area contributed by atoms with E-state index in [0.29, 0.717) is 23.8 Å². The van der Waals surface area contributed by atoms with Gasteiger partial charge in [0, 0.05) is 43.2 Å². The number of hydrogen-bond donors (Lipinski definition) is 1. The second kappa shape index (κ2) is 8.24. The van der Waals surface area contributed by atoms with Gasteiger partial charge in [-0.3, -0.25) is 9.48 Å². The summed E-state index contributed by atoms with van der Waals surface area (Å²) >= 11 is 0. The van der Waals surface area contributed by atoms with Crippen molar-refractivity contribution in [1.82, 2.24) is 25.1 Å². The zero-order valence-electron chi connectivity index (χ0n) is 14.8. The van der Waals surface area contributed by atoms with Crippen LogP contribution in [0.3, 0.4) is 0 Å². The molecule has 3 rings (SSSR count). The van der Waals surface area contributed by atoms with E-state index in [1.807, 2.05) is 31.6 Å². The molecule has 26 heavy (non-hydrogen) atoms. The molecule has 2 aromatic heterocycles. The van der Waals surface area contributed by atoms with Crippen LogP contribution in [-0.2, 0) is 13.5 Å². The summed E-state index contributed by atoms with van der Waals surface area (Å²) < 4.78 is 6.90. The summed E-state index contributed by atoms with van der Waals surface area (Å²) in [6, 6.07) is 8.93. The quantitative estimate of drug-likeness (QED) is 0.660. The molecule has 1 aromatic carbocycles. The van der Waals surface area contributed by atoms with Gasteiger partial charge < -0.3 is 10.1 Å². The summed E-state index contributed by atoms with van der Waals surface area (Å²) in [7, 11) is 3.45. The fraction of sp³-hybridized carbons (Fsp3) is 0.263. The predicted octanol–water partition coefficient (Wildman–Crippen LogP) is 2.25. The van der Waals surface area contributed by atoms with Gasteiger partial charge in [0.25, 0.3) is 5.91 Å². The van der Waals surface area contributed by atoms with Crippen molar-refractivity contribution in [3.05, 3.63) is 60.0 Å². The van der Waals surface area contributed by atoms with Crippen molar-refractivity contribution in [1.29, 1.82) is 0 Å². The Morgan fingerprint density at radius 2 is 2.19 bits per heavy atom. The Balaban J connectivity index is 1.59. The Labute approximate surface area is 152 Å². The van der Waals surface area contributed by atoms with Crippen molar-refractivity contribution < 1.29 is 9.53 Å². The van der Waals surface area contributed by atoms with Gasteiger partial charge in [0.2, 0.25) is 5.88 Å². The molecular formula is C19H21N5O2. The number of hydrogen-bond acceptors (Lipinski definition) is 5. The van der Waals surface area contributed by atoms with Gasteiger partial charge in [-0.05, 0) is 30.5 Å². The fourth-order valence-electron chi connectivity index (χ4n) is 2.59. The van der Waals surface area contributed by atoms with E-state index in [9.17, 15) is 4.79 Å². The lowest BCUT2D eigenvalue weighted by atomic mass is 10.1. The molecule has 7 heteroatoms. The van der Waals surface area contributed by atoms with Crippen molar-refractivity contribution in [3.8, 4) is 17.3 Å². The Hall–Kier alpha value is -3.22. The minimum atomic E-state index is -0.110. The predicted molar refractivity (Wildman–Crippen MR) is 97.9 cm³/mol. The van der Waals surface area contributed by atoms with Crippen LogP contribution in [0.1, 0.15) is 22.3 Å². The number of aromatic nitrogens is 4. The van der Waals surface area contributed by atoms with E-state index < -0.39 is 0 Å². The van der Waals surface area contributed by atoms with Gasteiger partial charge in [0.1, 0.15) is 0 Å². The zero-order valence-corrected chi connectivity index (χ0v) is 14.8. The zero-order chi connectivity index (χ0) is 18.4. The van der Waals surface area contributed by atoms with Crippen molar-refractivity contribution in [2.45, 2.75) is 12.8 Å². The summed E-state index contributed by atoms with van der Waals surface area (Å²) in [5, 5.41) is 7.08. The summed E-state index contributed by atoms with van der Waals surface area (Å²) in [4.78, 5) is 20.9. The Kier molecular flexibility index (Phi) is 5.58. The van der Waals surface area contributed by atoms with Crippen molar-refractivity contribution >= 4 is 5.91 Å². The van der Waals surface area contributed by atoms with Crippen LogP contribution >= 0.6 is 0 Å². The third-order valence-corrected chi connectivity index (χ3v) is 3.91. The Morgan fingerprint density at radius 3 is 2.96 bits per heavy atom. The molecule has 1 N–H and O–H groups in total. The molecule has 1 amide bonds. The molecule has 0 bridgehead atoms. The second-order valence-corrected chi connectivity index (χ2v) is 5.89. The molecule has 134 valence electrons. The summed E-state index contributed by atoms with van der Waals surface area (Å²) in [5.41, 5.74) is 2.51. The van der Waals surface area contributed by atoms with Gasteiger partial charge in [-0.2, -0.15) is 10.1 Å². The van der Waals surface area contributed by atoms with Crippen LogP contribution in [0.2, 0.25) is 0 Å². The molecule has 0 aliphatic carbocycles. The van der Waals surface area contributed by atoms with Gasteiger partial charge in [-0.15, -0.1) is 0 Å². The first-order valence-corrected chi connectivity index (χ1v) is 8.39. The first-order chi connectivity index (χ1) is 12.7. The van der Waals surface area contributed by atoms with Crippen LogP contribution in [0.25, 0.3) is 11.4 Å². The molecule has 2 heterocycles. The van der Waals surface area contributed by atoms with Crippen LogP contribution in [-0.4, -0.2) is 39.3 Å². The average molecular weight is 351 g/mol. The van der Waals surface area contributed by atoms with Crippen LogP contribution in [0.5, 0.6) is 5.88 Å². The van der Waals surface area contributed by atoms with E-state index in [2.05, 4.69) is 20.4 Å². The standard InChI is InChI=1S/C19H21N5O2/c1-24-13-14(12-22-24)5-4-9-21-19(25)16-7-3-6-15(11-16)18-20-10-8-17(23-18)26-2/h3,6-8,10-13H,4-5,9H2,1-2H3,(H,21,25). The average Bonchev–Trinajstić information content (AvgIpc) is 3.10. The van der Waals surface area contributed by atoms with Gasteiger partial charge >= 0.3 is 0 Å². The maximum Gasteiger partial charge on any atom is 0.251 e. The van der Waals surface area contributed by atoms with E-state index in [0.717, 1.165) is 18.4 Å². The number of benzene rings is 1. The SMILES string of the molecule is COc1ccnc(-c2cccc(C(=O)NCCCc3cnn(C)c3)c2)n1. The Morgan fingerprint density at radius 1 is 1.31 bits per heavy atom. The third kappa shape index (κ3) is 4.44. The normalized spacial score (nSPS) is 10.5. The highest BCUT2D eigenvalue weighted by Gasteiger charge is 2.09. The molecule has 0 saturated heterocycles. The molecule has 0 radical (unpaired) electrons. The number of amides is 1. The van der Waals surface area contributed by atoms with Crippen LogP contribution in [0, 0.1) is 0 Å². The first-order valence-electron chi connectivity index (χ1n) is 8.39. The lowest BCUT2D eigenvalue weighted by molar-refractivity contribution is 0.0953. The molecule has 0 fully saturated rings. The van der Waals surface area contributed by atoms with Crippen molar-refractivity contribution in [2.24, 2.45) is 7.05 Å². The van der Waals surface area contributed by atoms with Gasteiger partial charge in [0.05, 0.1) is 13.3 Å². The number of methoxy groups -OCH3 is 1. The number of ether oxygens (including phenoxy) is 1. The molecular weight excluding hydrogens is 330 g/mol. The van der Waals surface area contributed by atoms with E-state index in [4.69, 9.17) is 4.74 Å². The molecule has 0 atom stereocenters. The highest BCUT2D eigenvalue weighted by molar-refractivity contribution is 5.95. The monoisotopic (exact) mass is 351 g/mol. The van der Waals surface area contributed by atoms with Gasteiger partial charge in [-0.1, -0.05) is 12.1 Å². The lowest BCUT2D eigenvalue weighted by Crippen LogP contribution is -2.24. The van der Waals surface area contributed by atoms with Crippen LogP contribution in [0.15, 0.2) is 48.9 Å². The van der Waals surface area contributed by atoms with Gasteiger partial charge in [-0.25, -0.2) is 4.98 Å². The summed E-state index contributed by atoms with van der Waals surface area (Å²) in [6.07, 6.45) is 7.20. The molecule has 7 nitrogen and oxygen atoms in total. The second-order valence-electron chi connectivity index (χ2n) is 5.89. The highest BCUT2D eigenvalue weighted by Crippen LogP contribution is 2.18. The highest BCUT2D eigenvalue weighted by atomic mass is 16.5. The van der Waals surface area contributed by atoms with Crippen LogP contribution < -0.4 is 10.1 Å². The van der Waals surface area contributed by atoms with E-state index in [-0.39, 0.29) is 5.91 Å². The maximum absolute atomic E-state index is 12.4. The molecule has 0 saturated carbocycles. The number of carbonyl (C=O) groups excluding carboxylic acids is 1. The van der Waals surface area contributed by atoms with Crippen molar-refractivity contribution in [2.75, 3.05) is 13.7 Å². The Bertz CT molecular complexity index is 891. The van der Waals surface area contributed by atoms with Crippen molar-refractivity contribution in [3.63, 3.8) is 0 Å². The topological polar surface area (TPSA) is 81.9 Å². The number of rotatable bonds is 7. The van der Waals surface area contributed by atoms with Crippen LogP contribution in [0.4, 0.5) is 0 Å². The molecule has 0 unspecified atom stereocenters. The summed E-state index contributed by atoms with van der Waals surface area (Å²) in [6.45, 7) is 0.605. The van der Waals surface area contributed by atoms with E-state index in [1.54, 1.807) is 36.2 Å². The largest absolute Gasteiger partial charge is 0.481 e. The number of nitrogens with one attached hydrogen (secondary N) is 1. The van der Waals surface area contributed by atoms with Gasteiger partial charge in [0.15, 0.2) is 5.82 Å². The van der Waals surface area contributed by atoms with E-state index in [1.165, 1.54) is 5.56 Å². The minimum Gasteiger partial charge on any atom is -0.481 e. The summed E-state index contributed by atoms with van der Waals surface area (Å²) in [5.74, 6) is 0.900. The van der Waals surface area contributed by atoms with E-state index >= 15 is 0 Å². The molecule has 3 aromatic rings. The minimum absolute atomic E-state index is 0.110. The maximum atomic E-state index is 12.4. The number of nitrogens with zero attached hydrogens (tertiary/aromatic N) is 4. The lowest BCUT2D eigenvalue weighted by Gasteiger charge is -2.07. The smallest absolute Gasteiger partial charge is 0.251 e. The fourth-order valence-corrected chi connectivity index (χ4v) is 2.59. The number of carbonyl (C=O) groups is 1. The molecule has 0 spiro atoms.